The molecule has 3 aromatic carbocycles. The highest BCUT2D eigenvalue weighted by Crippen LogP contribution is 2.34. The lowest BCUT2D eigenvalue weighted by Gasteiger charge is -2.18. The molecule has 0 unspecified atom stereocenters. The highest BCUT2D eigenvalue weighted by molar-refractivity contribution is 6.07. The van der Waals surface area contributed by atoms with E-state index >= 15 is 0 Å². The maximum Gasteiger partial charge on any atom is 0.246 e. The Labute approximate surface area is 226 Å². The van der Waals surface area contributed by atoms with Gasteiger partial charge < -0.3 is 10.6 Å². The molecule has 0 aliphatic carbocycles. The van der Waals surface area contributed by atoms with Crippen LogP contribution in [-0.2, 0) is 22.6 Å². The third-order valence-corrected chi connectivity index (χ3v) is 6.97. The van der Waals surface area contributed by atoms with Crippen LogP contribution in [-0.4, -0.2) is 31.1 Å². The van der Waals surface area contributed by atoms with Gasteiger partial charge in [-0.2, -0.15) is 0 Å². The molecule has 0 atom stereocenters. The molecule has 5 nitrogen and oxygen atoms in total. The average molecular weight is 513 g/mol. The van der Waals surface area contributed by atoms with Crippen LogP contribution < -0.4 is 10.6 Å². The summed E-state index contributed by atoms with van der Waals surface area (Å²) in [5, 5.41) is 11.2. The van der Waals surface area contributed by atoms with Gasteiger partial charge in [0, 0.05) is 30.6 Å². The fourth-order valence-electron chi connectivity index (χ4n) is 4.84. The van der Waals surface area contributed by atoms with E-state index in [2.05, 4.69) is 54.1 Å². The number of ketones is 1. The van der Waals surface area contributed by atoms with Gasteiger partial charge in [0.1, 0.15) is 6.29 Å². The van der Waals surface area contributed by atoms with Crippen molar-refractivity contribution in [2.24, 2.45) is 0 Å². The number of hydrogen-bond acceptors (Lipinski definition) is 4. The smallest absolute Gasteiger partial charge is 0.246 e. The summed E-state index contributed by atoms with van der Waals surface area (Å²) >= 11 is 0. The normalized spacial score (nSPS) is 11.0. The van der Waals surface area contributed by atoms with Gasteiger partial charge >= 0.3 is 0 Å². The fourth-order valence-corrected chi connectivity index (χ4v) is 4.84. The van der Waals surface area contributed by atoms with E-state index in [9.17, 15) is 14.4 Å². The number of benzene rings is 3. The van der Waals surface area contributed by atoms with Crippen LogP contribution in [0.2, 0.25) is 0 Å². The van der Waals surface area contributed by atoms with Gasteiger partial charge in [-0.3, -0.25) is 14.4 Å². The van der Waals surface area contributed by atoms with Crippen molar-refractivity contribution < 1.29 is 14.4 Å². The second kappa shape index (κ2) is 14.4. The molecular formula is C33H40N2O3. The van der Waals surface area contributed by atoms with E-state index in [1.807, 2.05) is 12.1 Å². The molecule has 0 spiro atoms. The third-order valence-electron chi connectivity index (χ3n) is 6.97. The summed E-state index contributed by atoms with van der Waals surface area (Å²) in [6.07, 6.45) is 7.22. The Bertz CT molecular complexity index is 1340. The molecule has 0 radical (unpaired) electrons. The van der Waals surface area contributed by atoms with Gasteiger partial charge in [-0.05, 0) is 90.4 Å². The zero-order valence-electron chi connectivity index (χ0n) is 22.8. The summed E-state index contributed by atoms with van der Waals surface area (Å²) in [4.78, 5) is 35.1. The van der Waals surface area contributed by atoms with Crippen molar-refractivity contribution in [3.63, 3.8) is 0 Å². The van der Waals surface area contributed by atoms with E-state index in [4.69, 9.17) is 0 Å². The van der Waals surface area contributed by atoms with Crippen molar-refractivity contribution in [2.75, 3.05) is 13.1 Å². The zero-order valence-corrected chi connectivity index (χ0v) is 22.8. The third kappa shape index (κ3) is 7.72. The van der Waals surface area contributed by atoms with Crippen molar-refractivity contribution in [3.8, 4) is 0 Å². The molecule has 0 aliphatic rings. The first-order valence-corrected chi connectivity index (χ1v) is 13.6. The summed E-state index contributed by atoms with van der Waals surface area (Å²) in [5.41, 5.74) is 4.34. The van der Waals surface area contributed by atoms with Crippen LogP contribution in [0.4, 0.5) is 0 Å². The lowest BCUT2D eigenvalue weighted by Crippen LogP contribution is -2.27. The van der Waals surface area contributed by atoms with Crippen molar-refractivity contribution in [3.05, 3.63) is 83.5 Å². The molecule has 0 heterocycles. The SMILES string of the molecule is C=C(C)C(=O)CCCCCCc1c2ccccc2c(CNCCCNC(=O)C(=C)C)c2ccc(C=O)cc12. The lowest BCUT2D eigenvalue weighted by molar-refractivity contribution is -0.117. The number of aryl methyl sites for hydroxylation is 1. The maximum absolute atomic E-state index is 11.8. The number of rotatable bonds is 16. The molecule has 3 aromatic rings. The Balaban J connectivity index is 1.76. The number of amides is 1. The average Bonchev–Trinajstić information content (AvgIpc) is 2.92. The van der Waals surface area contributed by atoms with Gasteiger partial charge in [-0.15, -0.1) is 0 Å². The summed E-state index contributed by atoms with van der Waals surface area (Å²) in [7, 11) is 0. The number of aldehydes is 1. The van der Waals surface area contributed by atoms with Crippen LogP contribution in [0.25, 0.3) is 21.5 Å². The Morgan fingerprint density at radius 1 is 0.789 bits per heavy atom. The van der Waals surface area contributed by atoms with Crippen LogP contribution in [0.3, 0.4) is 0 Å². The quantitative estimate of drug-likeness (QED) is 0.0979. The van der Waals surface area contributed by atoms with Gasteiger partial charge in [-0.1, -0.05) is 62.4 Å². The Morgan fingerprint density at radius 3 is 2.16 bits per heavy atom. The molecule has 0 saturated carbocycles. The Kier molecular flexibility index (Phi) is 11.0. The molecule has 38 heavy (non-hydrogen) atoms. The lowest BCUT2D eigenvalue weighted by atomic mass is 9.88. The van der Waals surface area contributed by atoms with Crippen LogP contribution >= 0.6 is 0 Å². The highest BCUT2D eigenvalue weighted by atomic mass is 16.1. The Hall–Kier alpha value is -3.57. The zero-order chi connectivity index (χ0) is 27.5. The van der Waals surface area contributed by atoms with Gasteiger partial charge in [0.25, 0.3) is 0 Å². The number of unbranched alkanes of at least 4 members (excludes halogenated alkanes) is 3. The molecule has 2 N–H and O–H groups in total. The number of carbonyl (C=O) groups is 3. The summed E-state index contributed by atoms with van der Waals surface area (Å²) < 4.78 is 0. The van der Waals surface area contributed by atoms with E-state index in [0.717, 1.165) is 56.7 Å². The second-order valence-corrected chi connectivity index (χ2v) is 10.1. The van der Waals surface area contributed by atoms with Crippen LogP contribution in [0.15, 0.2) is 66.8 Å². The minimum atomic E-state index is -0.107. The first-order chi connectivity index (χ1) is 18.3. The van der Waals surface area contributed by atoms with E-state index < -0.39 is 0 Å². The van der Waals surface area contributed by atoms with E-state index in [-0.39, 0.29) is 11.7 Å². The first kappa shape index (κ1) is 29.0. The van der Waals surface area contributed by atoms with E-state index in [1.165, 1.54) is 27.3 Å². The molecule has 0 saturated heterocycles. The number of fused-ring (bicyclic) bond motifs is 2. The molecular weight excluding hydrogens is 472 g/mol. The second-order valence-electron chi connectivity index (χ2n) is 10.1. The van der Waals surface area contributed by atoms with Crippen LogP contribution in [0, 0.1) is 0 Å². The van der Waals surface area contributed by atoms with Crippen molar-refractivity contribution in [2.45, 2.75) is 65.3 Å². The number of nitrogens with one attached hydrogen (secondary N) is 2. The largest absolute Gasteiger partial charge is 0.352 e. The summed E-state index contributed by atoms with van der Waals surface area (Å²) in [5.74, 6) is 0.0492. The molecule has 200 valence electrons. The van der Waals surface area contributed by atoms with E-state index in [1.54, 1.807) is 13.8 Å². The van der Waals surface area contributed by atoms with Crippen molar-refractivity contribution in [1.82, 2.24) is 10.6 Å². The maximum atomic E-state index is 11.8. The van der Waals surface area contributed by atoms with E-state index in [0.29, 0.717) is 36.2 Å². The number of carbonyl (C=O) groups excluding carboxylic acids is 3. The Morgan fingerprint density at radius 2 is 1.47 bits per heavy atom. The minimum Gasteiger partial charge on any atom is -0.352 e. The molecule has 3 rings (SSSR count). The summed E-state index contributed by atoms with van der Waals surface area (Å²) in [6.45, 7) is 13.0. The van der Waals surface area contributed by atoms with Gasteiger partial charge in [-0.25, -0.2) is 0 Å². The molecule has 0 aliphatic heterocycles. The molecule has 0 bridgehead atoms. The summed E-state index contributed by atoms with van der Waals surface area (Å²) in [6, 6.07) is 14.5. The molecule has 1 amide bonds. The number of Topliss-reactive ketones (excluding diaryl/α,β-unsaturated/α-hetero) is 1. The van der Waals surface area contributed by atoms with Gasteiger partial charge in [0.15, 0.2) is 5.78 Å². The molecule has 0 aromatic heterocycles. The van der Waals surface area contributed by atoms with Crippen molar-refractivity contribution >= 4 is 39.5 Å². The predicted octanol–water partition coefficient (Wildman–Crippen LogP) is 6.62. The topological polar surface area (TPSA) is 75.3 Å². The molecule has 5 heteroatoms. The molecule has 0 fully saturated rings. The standard InChI is InChI=1S/C33H40N2O3/c1-23(2)32(37)15-8-6-5-7-12-27-26-13-9-10-14-28(26)31(29-17-16-25(22-36)20-30(27)29)21-34-18-11-19-35-33(38)24(3)4/h9-10,13-14,16-17,20,22,34H,1,3,5-8,11-12,15,18-19,21H2,2,4H3,(H,35,38). The van der Waals surface area contributed by atoms with Gasteiger partial charge in [0.05, 0.1) is 0 Å². The van der Waals surface area contributed by atoms with Crippen LogP contribution in [0.1, 0.15) is 73.9 Å². The predicted molar refractivity (Wildman–Crippen MR) is 158 cm³/mol. The minimum absolute atomic E-state index is 0.107. The highest BCUT2D eigenvalue weighted by Gasteiger charge is 2.14. The number of allylic oxidation sites excluding steroid dienone is 1. The number of hydrogen-bond donors (Lipinski definition) is 2. The van der Waals surface area contributed by atoms with Crippen LogP contribution in [0.5, 0.6) is 0 Å². The monoisotopic (exact) mass is 512 g/mol. The first-order valence-electron chi connectivity index (χ1n) is 13.6. The van der Waals surface area contributed by atoms with Crippen molar-refractivity contribution in [1.29, 1.82) is 0 Å². The van der Waals surface area contributed by atoms with Gasteiger partial charge in [0.2, 0.25) is 5.91 Å². The fraction of sp³-hybridized carbons (Fsp3) is 0.364.